The number of aryl methyl sites for hydroxylation is 1. The van der Waals surface area contributed by atoms with Crippen molar-refractivity contribution < 1.29 is 4.79 Å². The van der Waals surface area contributed by atoms with Gasteiger partial charge in [-0.2, -0.15) is 0 Å². The van der Waals surface area contributed by atoms with Crippen LogP contribution >= 0.6 is 15.9 Å². The summed E-state index contributed by atoms with van der Waals surface area (Å²) in [6, 6.07) is 6.58. The summed E-state index contributed by atoms with van der Waals surface area (Å²) >= 11 is 3.55. The predicted octanol–water partition coefficient (Wildman–Crippen LogP) is 3.50. The van der Waals surface area contributed by atoms with E-state index in [1.807, 2.05) is 0 Å². The highest BCUT2D eigenvalue weighted by atomic mass is 79.9. The summed E-state index contributed by atoms with van der Waals surface area (Å²) in [6.45, 7) is 9.95. The van der Waals surface area contributed by atoms with E-state index in [1.54, 1.807) is 6.92 Å². The number of amides is 1. The third-order valence-electron chi connectivity index (χ3n) is 4.25. The van der Waals surface area contributed by atoms with Crippen LogP contribution in [0.3, 0.4) is 0 Å². The van der Waals surface area contributed by atoms with Crippen molar-refractivity contribution in [3.63, 3.8) is 0 Å². The molecule has 1 amide bonds. The molecule has 21 heavy (non-hydrogen) atoms. The first-order chi connectivity index (χ1) is 9.88. The molecular weight excluding hydrogens is 328 g/mol. The quantitative estimate of drug-likeness (QED) is 0.899. The van der Waals surface area contributed by atoms with Crippen LogP contribution in [-0.4, -0.2) is 30.4 Å². The van der Waals surface area contributed by atoms with Crippen molar-refractivity contribution in [3.05, 3.63) is 33.8 Å². The molecule has 1 aromatic rings. The normalized spacial score (nSPS) is 23.0. The molecule has 0 saturated carbocycles. The van der Waals surface area contributed by atoms with Gasteiger partial charge in [0.1, 0.15) is 0 Å². The number of carbonyl (C=O) groups is 1. The molecule has 4 heteroatoms. The fourth-order valence-electron chi connectivity index (χ4n) is 3.11. The van der Waals surface area contributed by atoms with E-state index in [-0.39, 0.29) is 11.3 Å². The van der Waals surface area contributed by atoms with Crippen molar-refractivity contribution in [1.82, 2.24) is 10.2 Å². The number of halogens is 1. The second kappa shape index (κ2) is 6.93. The van der Waals surface area contributed by atoms with Crippen molar-refractivity contribution in [3.8, 4) is 0 Å². The zero-order chi connectivity index (χ0) is 15.5. The number of nitrogens with zero attached hydrogens (tertiary/aromatic N) is 1. The molecule has 1 aliphatic rings. The number of hydrogen-bond acceptors (Lipinski definition) is 2. The van der Waals surface area contributed by atoms with E-state index < -0.39 is 0 Å². The van der Waals surface area contributed by atoms with Crippen molar-refractivity contribution in [2.45, 2.75) is 40.2 Å². The number of piperidine rings is 1. The topological polar surface area (TPSA) is 32.3 Å². The smallest absolute Gasteiger partial charge is 0.216 e. The second-order valence-corrected chi connectivity index (χ2v) is 7.47. The highest BCUT2D eigenvalue weighted by molar-refractivity contribution is 9.10. The zero-order valence-corrected chi connectivity index (χ0v) is 14.8. The van der Waals surface area contributed by atoms with E-state index in [4.69, 9.17) is 0 Å². The number of nitrogens with one attached hydrogen (secondary N) is 1. The molecule has 1 saturated heterocycles. The van der Waals surface area contributed by atoms with E-state index in [0.717, 1.165) is 26.2 Å². The number of hydrogen-bond donors (Lipinski definition) is 1. The van der Waals surface area contributed by atoms with Crippen molar-refractivity contribution in [2.75, 3.05) is 19.6 Å². The van der Waals surface area contributed by atoms with Crippen LogP contribution < -0.4 is 5.32 Å². The number of rotatable bonds is 4. The summed E-state index contributed by atoms with van der Waals surface area (Å²) in [5, 5.41) is 2.98. The van der Waals surface area contributed by atoms with Gasteiger partial charge in [0.25, 0.3) is 0 Å². The highest BCUT2D eigenvalue weighted by Crippen LogP contribution is 2.30. The molecule has 0 radical (unpaired) electrons. The monoisotopic (exact) mass is 352 g/mol. The van der Waals surface area contributed by atoms with Gasteiger partial charge in [0, 0.05) is 31.0 Å². The van der Waals surface area contributed by atoms with Crippen LogP contribution in [0.5, 0.6) is 0 Å². The van der Waals surface area contributed by atoms with Crippen molar-refractivity contribution in [2.24, 2.45) is 5.41 Å². The molecule has 1 fully saturated rings. The second-order valence-electron chi connectivity index (χ2n) is 6.62. The first kappa shape index (κ1) is 16.5. The molecule has 0 aliphatic carbocycles. The number of carbonyl (C=O) groups excluding carboxylic acids is 1. The van der Waals surface area contributed by atoms with Gasteiger partial charge in [-0.15, -0.1) is 0 Å². The lowest BCUT2D eigenvalue weighted by molar-refractivity contribution is -0.119. The lowest BCUT2D eigenvalue weighted by atomic mass is 9.81. The van der Waals surface area contributed by atoms with E-state index in [0.29, 0.717) is 0 Å². The standard InChI is InChI=1S/C17H25BrN2O/c1-13-9-15(5-6-16(13)18)10-20-8-4-7-17(3,12-20)11-19-14(2)21/h5-6,9H,4,7-8,10-12H2,1-3H3,(H,19,21). The fourth-order valence-corrected chi connectivity index (χ4v) is 3.35. The van der Waals surface area contributed by atoms with E-state index >= 15 is 0 Å². The van der Waals surface area contributed by atoms with E-state index in [1.165, 1.54) is 28.4 Å². The molecular formula is C17H25BrN2O. The summed E-state index contributed by atoms with van der Waals surface area (Å²) in [5.74, 6) is 0.0666. The summed E-state index contributed by atoms with van der Waals surface area (Å²) in [7, 11) is 0. The number of benzene rings is 1. The van der Waals surface area contributed by atoms with Gasteiger partial charge in [0.05, 0.1) is 0 Å². The first-order valence-corrected chi connectivity index (χ1v) is 8.39. The molecule has 1 aromatic carbocycles. The number of likely N-dealkylation sites (tertiary alicyclic amines) is 1. The summed E-state index contributed by atoms with van der Waals surface area (Å²) in [5.41, 5.74) is 2.83. The van der Waals surface area contributed by atoms with Crippen LogP contribution in [0, 0.1) is 12.3 Å². The molecule has 1 heterocycles. The molecule has 0 bridgehead atoms. The third kappa shape index (κ3) is 4.82. The lowest BCUT2D eigenvalue weighted by Crippen LogP contribution is -2.47. The average Bonchev–Trinajstić information content (AvgIpc) is 2.41. The Morgan fingerprint density at radius 2 is 2.24 bits per heavy atom. The maximum absolute atomic E-state index is 11.1. The maximum atomic E-state index is 11.1. The molecule has 1 atom stereocenters. The maximum Gasteiger partial charge on any atom is 0.216 e. The van der Waals surface area contributed by atoms with Crippen LogP contribution in [0.2, 0.25) is 0 Å². The zero-order valence-electron chi connectivity index (χ0n) is 13.2. The molecule has 116 valence electrons. The van der Waals surface area contributed by atoms with Gasteiger partial charge in [-0.1, -0.05) is 35.0 Å². The minimum absolute atomic E-state index is 0.0666. The van der Waals surface area contributed by atoms with Gasteiger partial charge in [-0.25, -0.2) is 0 Å². The molecule has 3 nitrogen and oxygen atoms in total. The largest absolute Gasteiger partial charge is 0.356 e. The van der Waals surface area contributed by atoms with Crippen LogP contribution in [0.25, 0.3) is 0 Å². The minimum Gasteiger partial charge on any atom is -0.356 e. The Balaban J connectivity index is 1.97. The Morgan fingerprint density at radius 1 is 1.48 bits per heavy atom. The molecule has 0 aromatic heterocycles. The first-order valence-electron chi connectivity index (χ1n) is 7.60. The van der Waals surface area contributed by atoms with Crippen LogP contribution in [-0.2, 0) is 11.3 Å². The molecule has 1 N–H and O–H groups in total. The van der Waals surface area contributed by atoms with E-state index in [9.17, 15) is 4.79 Å². The van der Waals surface area contributed by atoms with Crippen LogP contribution in [0.4, 0.5) is 0 Å². The van der Waals surface area contributed by atoms with Gasteiger partial charge in [-0.3, -0.25) is 9.69 Å². The Hall–Kier alpha value is -0.870. The summed E-state index contributed by atoms with van der Waals surface area (Å²) < 4.78 is 1.17. The Labute approximate surface area is 136 Å². The van der Waals surface area contributed by atoms with E-state index in [2.05, 4.69) is 58.2 Å². The average molecular weight is 353 g/mol. The SMILES string of the molecule is CC(=O)NCC1(C)CCCN(Cc2ccc(Br)c(C)c2)C1. The Morgan fingerprint density at radius 3 is 2.90 bits per heavy atom. The summed E-state index contributed by atoms with van der Waals surface area (Å²) in [6.07, 6.45) is 2.38. The fraction of sp³-hybridized carbons (Fsp3) is 0.588. The Kier molecular flexibility index (Phi) is 5.44. The highest BCUT2D eigenvalue weighted by Gasteiger charge is 2.31. The van der Waals surface area contributed by atoms with Gasteiger partial charge >= 0.3 is 0 Å². The molecule has 0 spiro atoms. The van der Waals surface area contributed by atoms with Crippen molar-refractivity contribution in [1.29, 1.82) is 0 Å². The summed E-state index contributed by atoms with van der Waals surface area (Å²) in [4.78, 5) is 13.6. The van der Waals surface area contributed by atoms with Gasteiger partial charge in [0.2, 0.25) is 5.91 Å². The van der Waals surface area contributed by atoms with Crippen LogP contribution in [0.1, 0.15) is 37.8 Å². The van der Waals surface area contributed by atoms with Gasteiger partial charge < -0.3 is 5.32 Å². The minimum atomic E-state index is 0.0666. The van der Waals surface area contributed by atoms with Gasteiger partial charge in [0.15, 0.2) is 0 Å². The third-order valence-corrected chi connectivity index (χ3v) is 5.14. The van der Waals surface area contributed by atoms with Crippen molar-refractivity contribution >= 4 is 21.8 Å². The predicted molar refractivity (Wildman–Crippen MR) is 90.2 cm³/mol. The molecule has 1 aliphatic heterocycles. The van der Waals surface area contributed by atoms with Crippen LogP contribution in [0.15, 0.2) is 22.7 Å². The van der Waals surface area contributed by atoms with Gasteiger partial charge in [-0.05, 0) is 48.9 Å². The molecule has 2 rings (SSSR count). The lowest BCUT2D eigenvalue weighted by Gasteiger charge is -2.40. The molecule has 1 unspecified atom stereocenters. The Bertz CT molecular complexity index is 518.